The van der Waals surface area contributed by atoms with Crippen LogP contribution in [0.1, 0.15) is 75.5 Å². The topological polar surface area (TPSA) is 50.9 Å². The predicted molar refractivity (Wildman–Crippen MR) is 84.4 cm³/mol. The molecule has 3 nitrogen and oxygen atoms in total. The van der Waals surface area contributed by atoms with Crippen molar-refractivity contribution in [2.45, 2.75) is 76.7 Å². The Balaban J connectivity index is 1.78. The second-order valence-corrected chi connectivity index (χ2v) is 6.02. The molecule has 3 heteroatoms. The second kappa shape index (κ2) is 8.38. The molecule has 0 fully saturated rings. The average Bonchev–Trinajstić information content (AvgIpc) is 2.91. The Labute approximate surface area is 123 Å². The lowest BCUT2D eigenvalue weighted by molar-refractivity contribution is 0.391. The average molecular weight is 275 g/mol. The van der Waals surface area contributed by atoms with Gasteiger partial charge in [0.1, 0.15) is 0 Å². The summed E-state index contributed by atoms with van der Waals surface area (Å²) in [6.45, 7) is 2.26. The van der Waals surface area contributed by atoms with Gasteiger partial charge in [0.25, 0.3) is 0 Å². The highest BCUT2D eigenvalue weighted by molar-refractivity contribution is 5.29. The largest absolute Gasteiger partial charge is 0.271 e. The molecule has 0 spiro atoms. The summed E-state index contributed by atoms with van der Waals surface area (Å²) in [5.41, 5.74) is 5.74. The van der Waals surface area contributed by atoms with Gasteiger partial charge in [0.05, 0.1) is 0 Å². The first kappa shape index (κ1) is 15.5. The summed E-state index contributed by atoms with van der Waals surface area (Å²) < 4.78 is 0. The summed E-state index contributed by atoms with van der Waals surface area (Å²) in [7, 11) is 0. The van der Waals surface area contributed by atoms with E-state index in [1.165, 1.54) is 62.6 Å². The maximum absolute atomic E-state index is 5.79. The molecule has 0 bridgehead atoms. The van der Waals surface area contributed by atoms with Crippen molar-refractivity contribution in [3.63, 3.8) is 0 Å². The molecule has 0 saturated heterocycles. The number of unbranched alkanes of at least 4 members (excludes halogenated alkanes) is 5. The summed E-state index contributed by atoms with van der Waals surface area (Å²) in [6.07, 6.45) is 13.5. The third kappa shape index (κ3) is 4.03. The van der Waals surface area contributed by atoms with E-state index >= 15 is 0 Å². The maximum Gasteiger partial charge on any atom is 0.0482 e. The van der Waals surface area contributed by atoms with Crippen LogP contribution in [-0.2, 0) is 6.42 Å². The number of fused-ring (bicyclic) bond motifs is 1. The predicted octanol–water partition coefficient (Wildman–Crippen LogP) is 3.69. The van der Waals surface area contributed by atoms with Crippen LogP contribution in [0.15, 0.2) is 18.3 Å². The Hall–Kier alpha value is -0.930. The number of aromatic nitrogens is 1. The van der Waals surface area contributed by atoms with Gasteiger partial charge in [-0.2, -0.15) is 0 Å². The molecule has 0 saturated carbocycles. The van der Waals surface area contributed by atoms with Gasteiger partial charge in [-0.1, -0.05) is 51.5 Å². The molecule has 1 aromatic heterocycles. The standard InChI is InChI=1S/C17H29N3/c1-2-3-4-5-6-7-10-16(20-18)15-12-11-14-9-8-13-19-17(14)15/h8-9,13,15-16,20H,2-7,10-12,18H2,1H3. The van der Waals surface area contributed by atoms with Gasteiger partial charge in [-0.25, -0.2) is 0 Å². The Morgan fingerprint density at radius 3 is 2.90 bits per heavy atom. The molecule has 0 radical (unpaired) electrons. The zero-order chi connectivity index (χ0) is 14.2. The van der Waals surface area contributed by atoms with E-state index in [-0.39, 0.29) is 0 Å². The van der Waals surface area contributed by atoms with Crippen LogP contribution < -0.4 is 11.3 Å². The van der Waals surface area contributed by atoms with Crippen molar-refractivity contribution in [2.24, 2.45) is 5.84 Å². The van der Waals surface area contributed by atoms with Crippen molar-refractivity contribution in [2.75, 3.05) is 0 Å². The molecule has 0 amide bonds. The molecule has 1 aromatic rings. The minimum absolute atomic E-state index is 0.386. The van der Waals surface area contributed by atoms with Gasteiger partial charge in [-0.15, -0.1) is 0 Å². The highest BCUT2D eigenvalue weighted by Gasteiger charge is 2.29. The zero-order valence-corrected chi connectivity index (χ0v) is 12.8. The molecule has 2 unspecified atom stereocenters. The minimum Gasteiger partial charge on any atom is -0.271 e. The van der Waals surface area contributed by atoms with E-state index in [0.717, 1.165) is 6.42 Å². The van der Waals surface area contributed by atoms with Crippen LogP contribution in [-0.4, -0.2) is 11.0 Å². The Morgan fingerprint density at radius 2 is 2.10 bits per heavy atom. The summed E-state index contributed by atoms with van der Waals surface area (Å²) in [5, 5.41) is 0. The lowest BCUT2D eigenvalue weighted by Crippen LogP contribution is -2.39. The van der Waals surface area contributed by atoms with Gasteiger partial charge < -0.3 is 0 Å². The molecule has 2 rings (SSSR count). The van der Waals surface area contributed by atoms with Crippen LogP contribution in [0.2, 0.25) is 0 Å². The fourth-order valence-corrected chi connectivity index (χ4v) is 3.38. The van der Waals surface area contributed by atoms with E-state index in [1.807, 2.05) is 12.3 Å². The van der Waals surface area contributed by atoms with Crippen LogP contribution in [0.3, 0.4) is 0 Å². The van der Waals surface area contributed by atoms with Gasteiger partial charge >= 0.3 is 0 Å². The summed E-state index contributed by atoms with van der Waals surface area (Å²) in [4.78, 5) is 4.58. The Bertz CT molecular complexity index is 392. The number of nitrogens with one attached hydrogen (secondary N) is 1. The zero-order valence-electron chi connectivity index (χ0n) is 12.8. The molecule has 1 heterocycles. The number of aryl methyl sites for hydroxylation is 1. The van der Waals surface area contributed by atoms with Gasteiger partial charge in [0, 0.05) is 23.9 Å². The third-order valence-corrected chi connectivity index (χ3v) is 4.57. The lowest BCUT2D eigenvalue weighted by Gasteiger charge is -2.23. The molecule has 1 aliphatic carbocycles. The number of pyridine rings is 1. The van der Waals surface area contributed by atoms with E-state index < -0.39 is 0 Å². The van der Waals surface area contributed by atoms with Gasteiger partial charge in [0.2, 0.25) is 0 Å². The summed E-state index contributed by atoms with van der Waals surface area (Å²) >= 11 is 0. The van der Waals surface area contributed by atoms with Crippen LogP contribution in [0, 0.1) is 0 Å². The molecule has 1 aliphatic rings. The molecule has 3 N–H and O–H groups in total. The van der Waals surface area contributed by atoms with Gasteiger partial charge in [-0.05, 0) is 30.9 Å². The van der Waals surface area contributed by atoms with Crippen molar-refractivity contribution in [3.05, 3.63) is 29.6 Å². The normalized spacial score (nSPS) is 19.0. The van der Waals surface area contributed by atoms with Crippen LogP contribution in [0.4, 0.5) is 0 Å². The van der Waals surface area contributed by atoms with Crippen molar-refractivity contribution in [3.8, 4) is 0 Å². The number of rotatable bonds is 9. The number of hydrazine groups is 1. The molecule has 20 heavy (non-hydrogen) atoms. The van der Waals surface area contributed by atoms with Crippen molar-refractivity contribution in [1.29, 1.82) is 0 Å². The first-order valence-electron chi connectivity index (χ1n) is 8.26. The molecular formula is C17H29N3. The smallest absolute Gasteiger partial charge is 0.0482 e. The van der Waals surface area contributed by atoms with Gasteiger partial charge in [0.15, 0.2) is 0 Å². The maximum atomic E-state index is 5.79. The van der Waals surface area contributed by atoms with Gasteiger partial charge in [-0.3, -0.25) is 16.3 Å². The first-order chi connectivity index (χ1) is 9.86. The second-order valence-electron chi connectivity index (χ2n) is 6.02. The van der Waals surface area contributed by atoms with Crippen LogP contribution in [0.25, 0.3) is 0 Å². The molecule has 0 aliphatic heterocycles. The minimum atomic E-state index is 0.386. The number of hydrogen-bond donors (Lipinski definition) is 2. The highest BCUT2D eigenvalue weighted by atomic mass is 15.2. The quantitative estimate of drug-likeness (QED) is 0.410. The molecule has 112 valence electrons. The third-order valence-electron chi connectivity index (χ3n) is 4.57. The number of nitrogens with two attached hydrogens (primary N) is 1. The lowest BCUT2D eigenvalue weighted by atomic mass is 9.92. The number of nitrogens with zero attached hydrogens (tertiary/aromatic N) is 1. The van der Waals surface area contributed by atoms with E-state index in [4.69, 9.17) is 5.84 Å². The SMILES string of the molecule is CCCCCCCCC(NN)C1CCc2cccnc21. The van der Waals surface area contributed by atoms with Crippen molar-refractivity contribution in [1.82, 2.24) is 10.4 Å². The molecular weight excluding hydrogens is 246 g/mol. The van der Waals surface area contributed by atoms with E-state index in [9.17, 15) is 0 Å². The van der Waals surface area contributed by atoms with Crippen molar-refractivity contribution >= 4 is 0 Å². The Morgan fingerprint density at radius 1 is 1.30 bits per heavy atom. The highest BCUT2D eigenvalue weighted by Crippen LogP contribution is 2.35. The van der Waals surface area contributed by atoms with Crippen LogP contribution >= 0.6 is 0 Å². The fourth-order valence-electron chi connectivity index (χ4n) is 3.38. The van der Waals surface area contributed by atoms with E-state index in [2.05, 4.69) is 23.4 Å². The van der Waals surface area contributed by atoms with E-state index in [0.29, 0.717) is 12.0 Å². The van der Waals surface area contributed by atoms with Crippen LogP contribution in [0.5, 0.6) is 0 Å². The summed E-state index contributed by atoms with van der Waals surface area (Å²) in [5.74, 6) is 6.30. The fraction of sp³-hybridized carbons (Fsp3) is 0.706. The molecule has 0 aromatic carbocycles. The molecule has 2 atom stereocenters. The van der Waals surface area contributed by atoms with Crippen molar-refractivity contribution < 1.29 is 0 Å². The summed E-state index contributed by atoms with van der Waals surface area (Å²) in [6, 6.07) is 4.64. The van der Waals surface area contributed by atoms with E-state index in [1.54, 1.807) is 0 Å². The number of hydrogen-bond acceptors (Lipinski definition) is 3. The Kier molecular flexibility index (Phi) is 6.48. The first-order valence-corrected chi connectivity index (χ1v) is 8.26. The monoisotopic (exact) mass is 275 g/mol.